The number of carbonyl (C=O) groups is 1. The molecular weight excluding hydrogens is 288 g/mol. The number of β-amino-alcohol motifs (C(OH)–C–C–N with tert-alkyl or cyclic N) is 1. The number of aliphatic hydroxyl groups is 1. The minimum atomic E-state index is -0.580. The van der Waals surface area contributed by atoms with Gasteiger partial charge in [-0.25, -0.2) is 0 Å². The summed E-state index contributed by atoms with van der Waals surface area (Å²) >= 11 is 1.46. The summed E-state index contributed by atoms with van der Waals surface area (Å²) in [6.45, 7) is 6.84. The van der Waals surface area contributed by atoms with Gasteiger partial charge in [-0.2, -0.15) is 0 Å². The number of hydrogen-bond donors (Lipinski definition) is 3. The maximum absolute atomic E-state index is 11.4. The molecule has 116 valence electrons. The molecule has 0 radical (unpaired) electrons. The third kappa shape index (κ3) is 4.91. The topological polar surface area (TPSA) is 70.6 Å². The first-order valence-electron chi connectivity index (χ1n) is 6.97. The molecule has 21 heavy (non-hydrogen) atoms. The maximum atomic E-state index is 11.4. The molecule has 6 heteroatoms. The van der Waals surface area contributed by atoms with Crippen LogP contribution in [0.2, 0.25) is 0 Å². The molecule has 2 rings (SSSR count). The highest BCUT2D eigenvalue weighted by atomic mass is 32.2. The summed E-state index contributed by atoms with van der Waals surface area (Å²) in [5.74, 6) is 1.09. The molecule has 0 unspecified atom stereocenters. The Bertz CT molecular complexity index is 514. The molecule has 0 spiro atoms. The van der Waals surface area contributed by atoms with Gasteiger partial charge in [0.05, 0.1) is 16.3 Å². The third-order valence-corrected chi connectivity index (χ3v) is 4.02. The van der Waals surface area contributed by atoms with Crippen LogP contribution in [-0.4, -0.2) is 41.6 Å². The van der Waals surface area contributed by atoms with Gasteiger partial charge in [-0.1, -0.05) is 6.07 Å². The fraction of sp³-hybridized carbons (Fsp3) is 0.533. The van der Waals surface area contributed by atoms with Crippen molar-refractivity contribution in [3.63, 3.8) is 0 Å². The number of nitrogens with one attached hydrogen (secondary N) is 2. The molecule has 0 saturated heterocycles. The Morgan fingerprint density at radius 3 is 2.95 bits per heavy atom. The zero-order valence-electron chi connectivity index (χ0n) is 12.6. The lowest BCUT2D eigenvalue weighted by molar-refractivity contribution is -0.113. The van der Waals surface area contributed by atoms with Crippen molar-refractivity contribution >= 4 is 23.4 Å². The Balaban J connectivity index is 1.92. The first kappa shape index (κ1) is 16.1. The van der Waals surface area contributed by atoms with E-state index in [0.29, 0.717) is 18.0 Å². The number of benzene rings is 1. The number of aliphatic hydroxyl groups excluding tert-OH is 1. The summed E-state index contributed by atoms with van der Waals surface area (Å²) in [7, 11) is 0. The highest BCUT2D eigenvalue weighted by Gasteiger charge is 2.20. The van der Waals surface area contributed by atoms with Crippen LogP contribution in [-0.2, 0) is 4.79 Å². The van der Waals surface area contributed by atoms with Gasteiger partial charge in [-0.15, -0.1) is 11.8 Å². The van der Waals surface area contributed by atoms with Gasteiger partial charge in [-0.3, -0.25) is 4.79 Å². The molecule has 0 bridgehead atoms. The molecule has 3 N–H and O–H groups in total. The van der Waals surface area contributed by atoms with Crippen LogP contribution in [0.25, 0.3) is 0 Å². The average molecular weight is 310 g/mol. The summed E-state index contributed by atoms with van der Waals surface area (Å²) in [6.07, 6.45) is -0.580. The summed E-state index contributed by atoms with van der Waals surface area (Å²) < 4.78 is 5.70. The van der Waals surface area contributed by atoms with Gasteiger partial charge in [0.25, 0.3) is 0 Å². The fourth-order valence-electron chi connectivity index (χ4n) is 1.87. The van der Waals surface area contributed by atoms with Gasteiger partial charge >= 0.3 is 0 Å². The molecular formula is C15H22N2O3S. The normalized spacial score (nSPS) is 16.1. The first-order valence-corrected chi connectivity index (χ1v) is 7.95. The van der Waals surface area contributed by atoms with Crippen molar-refractivity contribution < 1.29 is 14.6 Å². The zero-order chi connectivity index (χ0) is 15.5. The molecule has 0 saturated carbocycles. The molecule has 0 aromatic heterocycles. The van der Waals surface area contributed by atoms with Crippen LogP contribution in [0.15, 0.2) is 23.1 Å². The van der Waals surface area contributed by atoms with Crippen LogP contribution in [0.1, 0.15) is 20.8 Å². The molecule has 0 aliphatic carbocycles. The number of thioether (sulfide) groups is 1. The lowest BCUT2D eigenvalue weighted by Crippen LogP contribution is -2.42. The number of carbonyl (C=O) groups excluding carboxylic acids is 1. The molecule has 1 heterocycles. The van der Waals surface area contributed by atoms with Crippen LogP contribution in [0.3, 0.4) is 0 Å². The van der Waals surface area contributed by atoms with Crippen LogP contribution in [0.4, 0.5) is 5.69 Å². The van der Waals surface area contributed by atoms with E-state index in [1.165, 1.54) is 11.8 Å². The largest absolute Gasteiger partial charge is 0.490 e. The summed E-state index contributed by atoms with van der Waals surface area (Å²) in [6, 6.07) is 5.54. The Kier molecular flexibility index (Phi) is 5.13. The molecule has 5 nitrogen and oxygen atoms in total. The number of rotatable bonds is 5. The Labute approximate surface area is 129 Å². The molecule has 1 aliphatic heterocycles. The number of amides is 1. The second kappa shape index (κ2) is 6.68. The molecule has 1 amide bonds. The molecule has 1 aromatic carbocycles. The minimum Gasteiger partial charge on any atom is -0.490 e. The van der Waals surface area contributed by atoms with Gasteiger partial charge < -0.3 is 20.5 Å². The standard InChI is InChI=1S/C15H22N2O3S/c1-15(2,3)16-7-10(18)8-20-12-6-4-5-11-14(12)21-9-13(19)17-11/h4-6,10,16,18H,7-9H2,1-3H3,(H,17,19)/t10-/m1/s1. The van der Waals surface area contributed by atoms with Crippen molar-refractivity contribution in [2.45, 2.75) is 37.3 Å². The summed E-state index contributed by atoms with van der Waals surface area (Å²) in [5.41, 5.74) is 0.739. The van der Waals surface area contributed by atoms with Crippen molar-refractivity contribution in [1.29, 1.82) is 0 Å². The third-order valence-electron chi connectivity index (χ3n) is 2.90. The van der Waals surface area contributed by atoms with Crippen molar-refractivity contribution in [2.75, 3.05) is 24.2 Å². The quantitative estimate of drug-likeness (QED) is 0.774. The zero-order valence-corrected chi connectivity index (χ0v) is 13.4. The minimum absolute atomic E-state index is 0.000869. The number of hydrogen-bond acceptors (Lipinski definition) is 5. The second-order valence-corrected chi connectivity index (χ2v) is 7.05. The number of ether oxygens (including phenoxy) is 1. The van der Waals surface area contributed by atoms with Crippen LogP contribution in [0.5, 0.6) is 5.75 Å². The van der Waals surface area contributed by atoms with Crippen LogP contribution >= 0.6 is 11.8 Å². The van der Waals surface area contributed by atoms with Gasteiger partial charge in [0.2, 0.25) is 5.91 Å². The Hall–Kier alpha value is -1.24. The molecule has 1 atom stereocenters. The molecule has 0 fully saturated rings. The number of anilines is 1. The summed E-state index contributed by atoms with van der Waals surface area (Å²) in [4.78, 5) is 12.3. The monoisotopic (exact) mass is 310 g/mol. The van der Waals surface area contributed by atoms with Crippen molar-refractivity contribution in [3.05, 3.63) is 18.2 Å². The Morgan fingerprint density at radius 1 is 1.48 bits per heavy atom. The predicted molar refractivity (Wildman–Crippen MR) is 85.1 cm³/mol. The van der Waals surface area contributed by atoms with E-state index in [0.717, 1.165) is 10.6 Å². The smallest absolute Gasteiger partial charge is 0.234 e. The van der Waals surface area contributed by atoms with Crippen molar-refractivity contribution in [1.82, 2.24) is 5.32 Å². The Morgan fingerprint density at radius 2 is 2.24 bits per heavy atom. The van der Waals surface area contributed by atoms with E-state index in [1.807, 2.05) is 39.0 Å². The van der Waals surface area contributed by atoms with Gasteiger partial charge in [0.1, 0.15) is 18.5 Å². The van der Waals surface area contributed by atoms with Crippen molar-refractivity contribution in [2.24, 2.45) is 0 Å². The van der Waals surface area contributed by atoms with Crippen LogP contribution < -0.4 is 15.4 Å². The lowest BCUT2D eigenvalue weighted by atomic mass is 10.1. The van der Waals surface area contributed by atoms with Gasteiger partial charge in [0, 0.05) is 12.1 Å². The summed E-state index contributed by atoms with van der Waals surface area (Å²) in [5, 5.41) is 16.0. The van der Waals surface area contributed by atoms with E-state index >= 15 is 0 Å². The van der Waals surface area contributed by atoms with Gasteiger partial charge in [-0.05, 0) is 32.9 Å². The van der Waals surface area contributed by atoms with E-state index in [2.05, 4.69) is 10.6 Å². The first-order chi connectivity index (χ1) is 9.85. The maximum Gasteiger partial charge on any atom is 0.234 e. The van der Waals surface area contributed by atoms with E-state index in [1.54, 1.807) is 0 Å². The van der Waals surface area contributed by atoms with Crippen molar-refractivity contribution in [3.8, 4) is 5.75 Å². The SMILES string of the molecule is CC(C)(C)NC[C@@H](O)COc1cccc2c1SCC(=O)N2. The lowest BCUT2D eigenvalue weighted by Gasteiger charge is -2.24. The molecule has 1 aromatic rings. The van der Waals surface area contributed by atoms with Gasteiger partial charge in [0.15, 0.2) is 0 Å². The predicted octanol–water partition coefficient (Wildman–Crippen LogP) is 1.86. The average Bonchev–Trinajstić information content (AvgIpc) is 2.41. The van der Waals surface area contributed by atoms with E-state index in [4.69, 9.17) is 4.74 Å². The number of fused-ring (bicyclic) bond motifs is 1. The second-order valence-electron chi connectivity index (χ2n) is 6.07. The van der Waals surface area contributed by atoms with E-state index in [9.17, 15) is 9.90 Å². The van der Waals surface area contributed by atoms with E-state index in [-0.39, 0.29) is 18.1 Å². The van der Waals surface area contributed by atoms with E-state index < -0.39 is 6.10 Å². The molecule has 1 aliphatic rings. The highest BCUT2D eigenvalue weighted by molar-refractivity contribution is 8.00. The highest BCUT2D eigenvalue weighted by Crippen LogP contribution is 2.38. The van der Waals surface area contributed by atoms with Crippen LogP contribution in [0, 0.1) is 0 Å². The fourth-order valence-corrected chi connectivity index (χ4v) is 2.76.